The largest absolute Gasteiger partial charge is 0.481 e. The number of rotatable bonds is 9. The number of benzene rings is 3. The average Bonchev–Trinajstić information content (AvgIpc) is 2.83. The van der Waals surface area contributed by atoms with Crippen LogP contribution in [0.4, 0.5) is 0 Å². The van der Waals surface area contributed by atoms with Crippen molar-refractivity contribution in [1.29, 1.82) is 0 Å². The van der Waals surface area contributed by atoms with Gasteiger partial charge in [0, 0.05) is 26.5 Å². The minimum absolute atomic E-state index is 0.0956. The first-order chi connectivity index (χ1) is 15.7. The van der Waals surface area contributed by atoms with Gasteiger partial charge in [0.15, 0.2) is 22.6 Å². The van der Waals surface area contributed by atoms with Crippen LogP contribution in [0.25, 0.3) is 0 Å². The van der Waals surface area contributed by atoms with Gasteiger partial charge in [0.1, 0.15) is 17.1 Å². The molecule has 33 heavy (non-hydrogen) atoms. The second-order valence-corrected chi connectivity index (χ2v) is 10.3. The molecule has 0 radical (unpaired) electrons. The molecule has 0 aliphatic rings. The highest BCUT2D eigenvalue weighted by Crippen LogP contribution is 2.29. The van der Waals surface area contributed by atoms with Crippen molar-refractivity contribution in [3.63, 3.8) is 0 Å². The van der Waals surface area contributed by atoms with E-state index in [1.165, 1.54) is 25.6 Å². The Kier molecular flexibility index (Phi) is 7.88. The van der Waals surface area contributed by atoms with Crippen molar-refractivity contribution in [1.82, 2.24) is 0 Å². The molecule has 1 N–H and O–H groups in total. The van der Waals surface area contributed by atoms with E-state index in [4.69, 9.17) is 11.2 Å². The predicted molar refractivity (Wildman–Crippen MR) is 130 cm³/mol. The van der Waals surface area contributed by atoms with E-state index in [1.54, 1.807) is 60.7 Å². The Morgan fingerprint density at radius 2 is 1.36 bits per heavy atom. The Balaban J connectivity index is 1.66. The molecule has 0 aliphatic carbocycles. The maximum Gasteiger partial charge on any atom is 0.193 e. The molecule has 0 aromatic heterocycles. The number of terminal acetylenes is 1. The zero-order valence-corrected chi connectivity index (χ0v) is 19.7. The van der Waals surface area contributed by atoms with Crippen LogP contribution in [-0.4, -0.2) is 31.7 Å². The van der Waals surface area contributed by atoms with Crippen LogP contribution in [0.15, 0.2) is 82.6 Å². The molecule has 0 saturated carbocycles. The number of hydrogen-bond acceptors (Lipinski definition) is 5. The molecule has 0 bridgehead atoms. The molecule has 168 valence electrons. The zero-order valence-electron chi connectivity index (χ0n) is 18.1. The van der Waals surface area contributed by atoms with Crippen molar-refractivity contribution < 1.29 is 23.1 Å². The lowest BCUT2D eigenvalue weighted by molar-refractivity contribution is 0.0952. The third kappa shape index (κ3) is 5.99. The summed E-state index contributed by atoms with van der Waals surface area (Å²) >= 11 is -0.779. The van der Waals surface area contributed by atoms with E-state index in [0.717, 1.165) is 9.79 Å². The van der Waals surface area contributed by atoms with E-state index in [0.29, 0.717) is 22.4 Å². The third-order valence-electron chi connectivity index (χ3n) is 4.89. The average molecular weight is 479 g/mol. The lowest BCUT2D eigenvalue weighted by Crippen LogP contribution is -2.36. The number of ketones is 2. The molecule has 0 fully saturated rings. The van der Waals surface area contributed by atoms with Gasteiger partial charge < -0.3 is 9.29 Å². The van der Waals surface area contributed by atoms with Crippen LogP contribution in [0.5, 0.6) is 5.75 Å². The quantitative estimate of drug-likeness (QED) is 0.257. The summed E-state index contributed by atoms with van der Waals surface area (Å²) in [5.41, 5.74) is 1.50. The van der Waals surface area contributed by atoms with Gasteiger partial charge in [-0.15, -0.1) is 6.42 Å². The second kappa shape index (κ2) is 10.6. The molecule has 1 atom stereocenters. The van der Waals surface area contributed by atoms with Crippen LogP contribution in [0.3, 0.4) is 0 Å². The van der Waals surface area contributed by atoms with Gasteiger partial charge in [0.25, 0.3) is 0 Å². The fourth-order valence-corrected chi connectivity index (χ4v) is 4.00. The molecule has 0 aliphatic heterocycles. The lowest BCUT2D eigenvalue weighted by atomic mass is 10.0. The van der Waals surface area contributed by atoms with Crippen molar-refractivity contribution in [3.8, 4) is 18.1 Å². The van der Waals surface area contributed by atoms with E-state index in [2.05, 4.69) is 5.92 Å². The second-order valence-electron chi connectivity index (χ2n) is 7.59. The summed E-state index contributed by atoms with van der Waals surface area (Å²) in [5, 5.41) is 0. The maximum absolute atomic E-state index is 12.7. The summed E-state index contributed by atoms with van der Waals surface area (Å²) in [6.45, 7) is 3.06. The Labute approximate surface area is 199 Å². The molecule has 3 rings (SSSR count). The number of ether oxygens (including phenoxy) is 1. The summed E-state index contributed by atoms with van der Waals surface area (Å²) in [7, 11) is 0. The SMILES string of the molecule is C#CCOc1ccc(C(=O)c2ccc(Sc3ccc(C(=O)C(C)(C)S(=O)O)cc3)cc2)cc1. The topological polar surface area (TPSA) is 80.7 Å². The molecule has 0 heterocycles. The molecular weight excluding hydrogens is 456 g/mol. The zero-order chi connectivity index (χ0) is 24.0. The number of carbonyl (C=O) groups excluding carboxylic acids is 2. The Bertz CT molecular complexity index is 1210. The van der Waals surface area contributed by atoms with Crippen molar-refractivity contribution in [3.05, 3.63) is 89.5 Å². The van der Waals surface area contributed by atoms with Gasteiger partial charge in [0.05, 0.1) is 0 Å². The van der Waals surface area contributed by atoms with Gasteiger partial charge in [0.2, 0.25) is 0 Å². The molecule has 0 spiro atoms. The summed E-state index contributed by atoms with van der Waals surface area (Å²) in [6, 6.07) is 21.0. The van der Waals surface area contributed by atoms with Gasteiger partial charge in [-0.25, -0.2) is 4.21 Å². The predicted octanol–water partition coefficient (Wildman–Crippen LogP) is 5.26. The summed E-state index contributed by atoms with van der Waals surface area (Å²) in [6.07, 6.45) is 5.17. The van der Waals surface area contributed by atoms with E-state index in [-0.39, 0.29) is 12.4 Å². The smallest absolute Gasteiger partial charge is 0.193 e. The highest BCUT2D eigenvalue weighted by molar-refractivity contribution is 7.99. The highest BCUT2D eigenvalue weighted by Gasteiger charge is 2.34. The number of hydrogen-bond donors (Lipinski definition) is 1. The molecule has 3 aromatic rings. The maximum atomic E-state index is 12.7. The van der Waals surface area contributed by atoms with Crippen LogP contribution in [0.1, 0.15) is 40.1 Å². The first kappa shape index (κ1) is 24.5. The molecular formula is C26H22O5S2. The summed E-state index contributed by atoms with van der Waals surface area (Å²) in [4.78, 5) is 27.0. The lowest BCUT2D eigenvalue weighted by Gasteiger charge is -2.18. The third-order valence-corrected chi connectivity index (χ3v) is 6.96. The fourth-order valence-electron chi connectivity index (χ4n) is 2.91. The van der Waals surface area contributed by atoms with Crippen LogP contribution >= 0.6 is 11.8 Å². The molecule has 3 aromatic carbocycles. The molecule has 1 unspecified atom stereocenters. The van der Waals surface area contributed by atoms with Crippen LogP contribution < -0.4 is 4.74 Å². The minimum Gasteiger partial charge on any atom is -0.481 e. The monoisotopic (exact) mass is 478 g/mol. The standard InChI is InChI=1S/C26H22O5S2/c1-4-17-31-21-11-5-18(6-12-21)24(27)19-7-13-22(14-8-19)32-23-15-9-20(10-16-23)25(28)26(2,3)33(29)30/h1,5-16H,17H2,2-3H3,(H,29,30). The van der Waals surface area contributed by atoms with Gasteiger partial charge in [-0.2, -0.15) is 0 Å². The first-order valence-corrected chi connectivity index (χ1v) is 11.9. The normalized spacial score (nSPS) is 11.9. The number of Topliss-reactive ketones (excluding diaryl/α,β-unsaturated/α-hetero) is 1. The van der Waals surface area contributed by atoms with Gasteiger partial charge in [-0.05, 0) is 74.5 Å². The van der Waals surface area contributed by atoms with E-state index in [1.807, 2.05) is 12.1 Å². The number of carbonyl (C=O) groups is 2. The van der Waals surface area contributed by atoms with Gasteiger partial charge in [-0.3, -0.25) is 9.59 Å². The van der Waals surface area contributed by atoms with Crippen molar-refractivity contribution in [2.75, 3.05) is 6.61 Å². The Morgan fingerprint density at radius 1 is 0.909 bits per heavy atom. The molecule has 0 saturated heterocycles. The van der Waals surface area contributed by atoms with E-state index in [9.17, 15) is 18.4 Å². The molecule has 5 nitrogen and oxygen atoms in total. The highest BCUT2D eigenvalue weighted by atomic mass is 32.2. The Hall–Kier alpha value is -3.18. The van der Waals surface area contributed by atoms with Crippen molar-refractivity contribution in [2.24, 2.45) is 0 Å². The van der Waals surface area contributed by atoms with Crippen molar-refractivity contribution >= 4 is 34.4 Å². The van der Waals surface area contributed by atoms with Crippen LogP contribution in [0.2, 0.25) is 0 Å². The van der Waals surface area contributed by atoms with Gasteiger partial charge >= 0.3 is 0 Å². The van der Waals surface area contributed by atoms with E-state index >= 15 is 0 Å². The van der Waals surface area contributed by atoms with Crippen LogP contribution in [0, 0.1) is 12.3 Å². The van der Waals surface area contributed by atoms with Crippen molar-refractivity contribution in [2.45, 2.75) is 28.4 Å². The van der Waals surface area contributed by atoms with E-state index < -0.39 is 21.6 Å². The molecule has 0 amide bonds. The summed E-state index contributed by atoms with van der Waals surface area (Å²) in [5.74, 6) is 2.52. The summed E-state index contributed by atoms with van der Waals surface area (Å²) < 4.78 is 24.7. The molecule has 7 heteroatoms. The first-order valence-electron chi connectivity index (χ1n) is 9.97. The Morgan fingerprint density at radius 3 is 1.82 bits per heavy atom. The fraction of sp³-hybridized carbons (Fsp3) is 0.154. The van der Waals surface area contributed by atoms with Crippen LogP contribution in [-0.2, 0) is 11.1 Å². The van der Waals surface area contributed by atoms with Gasteiger partial charge in [-0.1, -0.05) is 29.8 Å². The minimum atomic E-state index is -2.26.